The van der Waals surface area contributed by atoms with Gasteiger partial charge in [0.1, 0.15) is 5.60 Å². The molecule has 2 aliphatic rings. The van der Waals surface area contributed by atoms with Crippen LogP contribution in [0.2, 0.25) is 0 Å². The summed E-state index contributed by atoms with van der Waals surface area (Å²) in [5.41, 5.74) is -0.390. The van der Waals surface area contributed by atoms with Crippen LogP contribution in [0.3, 0.4) is 0 Å². The van der Waals surface area contributed by atoms with Gasteiger partial charge in [0, 0.05) is 20.3 Å². The second-order valence-electron chi connectivity index (χ2n) is 5.55. The molecule has 3 heterocycles. The Bertz CT molecular complexity index is 429. The third-order valence-electron chi connectivity index (χ3n) is 4.11. The van der Waals surface area contributed by atoms with E-state index in [9.17, 15) is 0 Å². The van der Waals surface area contributed by atoms with Gasteiger partial charge in [0.25, 0.3) is 0 Å². The Morgan fingerprint density at radius 2 is 2.32 bits per heavy atom. The molecule has 2 fully saturated rings. The highest BCUT2D eigenvalue weighted by molar-refractivity contribution is 5.04. The fraction of sp³-hybridized carbons (Fsp3) is 0.846. The largest absolute Gasteiger partial charge is 0.380 e. The first-order valence-electron chi connectivity index (χ1n) is 6.95. The molecule has 1 aromatic heterocycles. The molecule has 2 saturated heterocycles. The molecule has 3 atom stereocenters. The minimum Gasteiger partial charge on any atom is -0.380 e. The quantitative estimate of drug-likeness (QED) is 0.895. The van der Waals surface area contributed by atoms with Crippen molar-refractivity contribution in [1.82, 2.24) is 15.5 Å². The molecule has 3 unspecified atom stereocenters. The van der Waals surface area contributed by atoms with E-state index < -0.39 is 0 Å². The topological polar surface area (TPSA) is 69.4 Å². The first kappa shape index (κ1) is 13.0. The third-order valence-corrected chi connectivity index (χ3v) is 4.11. The van der Waals surface area contributed by atoms with Crippen molar-refractivity contribution in [1.29, 1.82) is 0 Å². The SMILES string of the molecule is COC1CNC(c2nc(C3(C)CCCCO3)no2)C1. The maximum Gasteiger partial charge on any atom is 0.243 e. The molecule has 19 heavy (non-hydrogen) atoms. The van der Waals surface area contributed by atoms with Gasteiger partial charge >= 0.3 is 0 Å². The van der Waals surface area contributed by atoms with Crippen LogP contribution in [-0.4, -0.2) is 36.5 Å². The van der Waals surface area contributed by atoms with Crippen molar-refractivity contribution in [2.24, 2.45) is 0 Å². The summed E-state index contributed by atoms with van der Waals surface area (Å²) >= 11 is 0. The highest BCUT2D eigenvalue weighted by Crippen LogP contribution is 2.34. The standard InChI is InChI=1S/C13H21N3O3/c1-13(5-3-4-6-18-13)12-15-11(19-16-12)10-7-9(17-2)8-14-10/h9-10,14H,3-8H2,1-2H3. The molecule has 0 bridgehead atoms. The molecule has 3 rings (SSSR count). The van der Waals surface area contributed by atoms with Crippen LogP contribution in [0, 0.1) is 0 Å². The van der Waals surface area contributed by atoms with Crippen molar-refractivity contribution >= 4 is 0 Å². The smallest absolute Gasteiger partial charge is 0.243 e. The second kappa shape index (κ2) is 5.19. The van der Waals surface area contributed by atoms with Gasteiger partial charge in [-0.15, -0.1) is 0 Å². The van der Waals surface area contributed by atoms with Gasteiger partial charge in [-0.3, -0.25) is 0 Å². The van der Waals surface area contributed by atoms with Crippen LogP contribution in [0.4, 0.5) is 0 Å². The van der Waals surface area contributed by atoms with E-state index in [1.54, 1.807) is 7.11 Å². The van der Waals surface area contributed by atoms with Crippen molar-refractivity contribution in [2.75, 3.05) is 20.3 Å². The average Bonchev–Trinajstić information content (AvgIpc) is 3.08. The number of nitrogens with one attached hydrogen (secondary N) is 1. The number of ether oxygens (including phenoxy) is 2. The van der Waals surface area contributed by atoms with E-state index >= 15 is 0 Å². The number of nitrogens with zero attached hydrogens (tertiary/aromatic N) is 2. The molecule has 0 aromatic carbocycles. The average molecular weight is 267 g/mol. The summed E-state index contributed by atoms with van der Waals surface area (Å²) in [7, 11) is 1.73. The third kappa shape index (κ3) is 2.52. The molecule has 2 aliphatic heterocycles. The van der Waals surface area contributed by atoms with Crippen molar-refractivity contribution in [3.05, 3.63) is 11.7 Å². The number of hydrogen-bond acceptors (Lipinski definition) is 6. The van der Waals surface area contributed by atoms with Crippen LogP contribution in [0.5, 0.6) is 0 Å². The van der Waals surface area contributed by atoms with Crippen LogP contribution >= 0.6 is 0 Å². The van der Waals surface area contributed by atoms with Gasteiger partial charge in [0.05, 0.1) is 12.1 Å². The van der Waals surface area contributed by atoms with Crippen molar-refractivity contribution in [3.63, 3.8) is 0 Å². The second-order valence-corrected chi connectivity index (χ2v) is 5.55. The van der Waals surface area contributed by atoms with E-state index in [-0.39, 0.29) is 17.7 Å². The highest BCUT2D eigenvalue weighted by Gasteiger charge is 2.37. The number of methoxy groups -OCH3 is 1. The lowest BCUT2D eigenvalue weighted by atomic mass is 9.95. The summed E-state index contributed by atoms with van der Waals surface area (Å²) in [6, 6.07) is 0.0957. The summed E-state index contributed by atoms with van der Waals surface area (Å²) in [4.78, 5) is 4.54. The summed E-state index contributed by atoms with van der Waals surface area (Å²) in [5.74, 6) is 1.31. The molecular weight excluding hydrogens is 246 g/mol. The zero-order valence-corrected chi connectivity index (χ0v) is 11.5. The summed E-state index contributed by atoms with van der Waals surface area (Å²) in [6.07, 6.45) is 4.30. The molecule has 6 nitrogen and oxygen atoms in total. The fourth-order valence-corrected chi connectivity index (χ4v) is 2.77. The van der Waals surface area contributed by atoms with Crippen molar-refractivity contribution < 1.29 is 14.0 Å². The van der Waals surface area contributed by atoms with E-state index in [2.05, 4.69) is 15.5 Å². The number of rotatable bonds is 3. The Hall–Kier alpha value is -0.980. The van der Waals surface area contributed by atoms with Crippen molar-refractivity contribution in [2.45, 2.75) is 50.4 Å². The lowest BCUT2D eigenvalue weighted by Gasteiger charge is -2.30. The van der Waals surface area contributed by atoms with Crippen LogP contribution in [0.15, 0.2) is 4.52 Å². The molecule has 6 heteroatoms. The van der Waals surface area contributed by atoms with Crippen LogP contribution in [0.1, 0.15) is 50.4 Å². The van der Waals surface area contributed by atoms with E-state index in [0.29, 0.717) is 11.7 Å². The monoisotopic (exact) mass is 267 g/mol. The Labute approximate surface area is 112 Å². The van der Waals surface area contributed by atoms with E-state index in [1.807, 2.05) is 6.92 Å². The van der Waals surface area contributed by atoms with Crippen molar-refractivity contribution in [3.8, 4) is 0 Å². The molecular formula is C13H21N3O3. The Balaban J connectivity index is 1.72. The van der Waals surface area contributed by atoms with Crippen LogP contribution in [0.25, 0.3) is 0 Å². The summed E-state index contributed by atoms with van der Waals surface area (Å²) < 4.78 is 16.6. The van der Waals surface area contributed by atoms with Gasteiger partial charge in [0.15, 0.2) is 0 Å². The minimum atomic E-state index is -0.390. The Morgan fingerprint density at radius 3 is 3.00 bits per heavy atom. The van der Waals surface area contributed by atoms with Gasteiger partial charge in [-0.25, -0.2) is 0 Å². The molecule has 1 aromatic rings. The maximum atomic E-state index is 5.84. The number of hydrogen-bond donors (Lipinski definition) is 1. The highest BCUT2D eigenvalue weighted by atomic mass is 16.5. The lowest BCUT2D eigenvalue weighted by Crippen LogP contribution is -2.31. The zero-order chi connectivity index (χ0) is 13.3. The van der Waals surface area contributed by atoms with Gasteiger partial charge < -0.3 is 19.3 Å². The van der Waals surface area contributed by atoms with Gasteiger partial charge in [-0.05, 0) is 32.6 Å². The minimum absolute atomic E-state index is 0.0957. The fourth-order valence-electron chi connectivity index (χ4n) is 2.77. The molecule has 0 spiro atoms. The summed E-state index contributed by atoms with van der Waals surface area (Å²) in [6.45, 7) is 3.64. The lowest BCUT2D eigenvalue weighted by molar-refractivity contribution is -0.0770. The Morgan fingerprint density at radius 1 is 1.42 bits per heavy atom. The molecule has 0 amide bonds. The van der Waals surface area contributed by atoms with Gasteiger partial charge in [-0.2, -0.15) is 4.98 Å². The molecule has 1 N–H and O–H groups in total. The van der Waals surface area contributed by atoms with E-state index in [4.69, 9.17) is 14.0 Å². The normalized spacial score (nSPS) is 35.7. The predicted octanol–water partition coefficient (Wildman–Crippen LogP) is 1.53. The first-order valence-corrected chi connectivity index (χ1v) is 6.95. The van der Waals surface area contributed by atoms with Gasteiger partial charge in [-0.1, -0.05) is 5.16 Å². The number of aromatic nitrogens is 2. The molecule has 0 radical (unpaired) electrons. The van der Waals surface area contributed by atoms with Crippen LogP contribution in [-0.2, 0) is 15.1 Å². The zero-order valence-electron chi connectivity index (χ0n) is 11.5. The van der Waals surface area contributed by atoms with E-state index in [1.165, 1.54) is 0 Å². The Kier molecular flexibility index (Phi) is 3.56. The first-order chi connectivity index (χ1) is 9.21. The maximum absolute atomic E-state index is 5.84. The van der Waals surface area contributed by atoms with Gasteiger partial charge in [0.2, 0.25) is 11.7 Å². The molecule has 0 saturated carbocycles. The predicted molar refractivity (Wildman–Crippen MR) is 67.6 cm³/mol. The van der Waals surface area contributed by atoms with E-state index in [0.717, 1.165) is 38.8 Å². The van der Waals surface area contributed by atoms with Crippen LogP contribution < -0.4 is 5.32 Å². The summed E-state index contributed by atoms with van der Waals surface area (Å²) in [5, 5.41) is 7.46. The molecule has 0 aliphatic carbocycles. The molecule has 106 valence electrons.